The van der Waals surface area contributed by atoms with Gasteiger partial charge < -0.3 is 0 Å². The highest BCUT2D eigenvalue weighted by Crippen LogP contribution is 2.14. The molecule has 0 N–H and O–H groups in total. The quantitative estimate of drug-likeness (QED) is 0.654. The van der Waals surface area contributed by atoms with Crippen LogP contribution in [0.25, 0.3) is 11.3 Å². The van der Waals surface area contributed by atoms with Crippen molar-refractivity contribution in [2.24, 2.45) is 0 Å². The number of hydrogen-bond acceptors (Lipinski definition) is 2. The SMILES string of the molecule is [CH2]c1ccc(-c2ccccn2)cn1. The third kappa shape index (κ3) is 1.72. The minimum atomic E-state index is 0.777. The third-order valence-electron chi connectivity index (χ3n) is 1.79. The van der Waals surface area contributed by atoms with E-state index in [0.717, 1.165) is 17.0 Å². The lowest BCUT2D eigenvalue weighted by Gasteiger charge is -1.98. The van der Waals surface area contributed by atoms with Crippen LogP contribution in [0.5, 0.6) is 0 Å². The van der Waals surface area contributed by atoms with Gasteiger partial charge in [0.2, 0.25) is 0 Å². The topological polar surface area (TPSA) is 25.8 Å². The maximum absolute atomic E-state index is 4.22. The number of aromatic nitrogens is 2. The largest absolute Gasteiger partial charge is 0.261 e. The standard InChI is InChI=1S/C11H9N2/c1-9-5-6-10(8-13-9)11-4-2-3-7-12-11/h2-8H,1H2. The van der Waals surface area contributed by atoms with Gasteiger partial charge in [0.1, 0.15) is 0 Å². The Hall–Kier alpha value is -1.70. The molecule has 0 bridgehead atoms. The molecule has 0 saturated carbocycles. The maximum atomic E-state index is 4.22. The molecular weight excluding hydrogens is 160 g/mol. The second-order valence-electron chi connectivity index (χ2n) is 2.75. The van der Waals surface area contributed by atoms with Gasteiger partial charge in [0.15, 0.2) is 0 Å². The van der Waals surface area contributed by atoms with Gasteiger partial charge >= 0.3 is 0 Å². The summed E-state index contributed by atoms with van der Waals surface area (Å²) >= 11 is 0. The van der Waals surface area contributed by atoms with Gasteiger partial charge in [-0.1, -0.05) is 6.07 Å². The molecule has 1 radical (unpaired) electrons. The highest BCUT2D eigenvalue weighted by Gasteiger charge is 1.96. The van der Waals surface area contributed by atoms with Crippen LogP contribution in [-0.2, 0) is 0 Å². The Bertz CT molecular complexity index is 379. The van der Waals surface area contributed by atoms with Crippen molar-refractivity contribution in [2.45, 2.75) is 0 Å². The fraction of sp³-hybridized carbons (Fsp3) is 0. The fourth-order valence-corrected chi connectivity index (χ4v) is 1.11. The zero-order chi connectivity index (χ0) is 9.10. The average molecular weight is 169 g/mol. The number of pyridine rings is 2. The van der Waals surface area contributed by atoms with Crippen LogP contribution in [-0.4, -0.2) is 9.97 Å². The van der Waals surface area contributed by atoms with Crippen LogP contribution in [0.1, 0.15) is 5.69 Å². The number of hydrogen-bond donors (Lipinski definition) is 0. The van der Waals surface area contributed by atoms with E-state index in [0.29, 0.717) is 0 Å². The molecule has 0 amide bonds. The van der Waals surface area contributed by atoms with Gasteiger partial charge in [-0.2, -0.15) is 0 Å². The molecule has 13 heavy (non-hydrogen) atoms. The number of nitrogens with zero attached hydrogens (tertiary/aromatic N) is 2. The lowest BCUT2D eigenvalue weighted by atomic mass is 10.2. The van der Waals surface area contributed by atoms with Gasteiger partial charge in [-0.05, 0) is 31.2 Å². The molecule has 2 heterocycles. The summed E-state index contributed by atoms with van der Waals surface area (Å²) in [7, 11) is 0. The summed E-state index contributed by atoms with van der Waals surface area (Å²) in [4.78, 5) is 8.32. The van der Waals surface area contributed by atoms with Crippen molar-refractivity contribution in [3.63, 3.8) is 0 Å². The minimum Gasteiger partial charge on any atom is -0.261 e. The Labute approximate surface area is 77.3 Å². The summed E-state index contributed by atoms with van der Waals surface area (Å²) in [6.45, 7) is 3.72. The van der Waals surface area contributed by atoms with Gasteiger partial charge in [0, 0.05) is 23.7 Å². The first-order valence-corrected chi connectivity index (χ1v) is 4.06. The Morgan fingerprint density at radius 1 is 1.00 bits per heavy atom. The highest BCUT2D eigenvalue weighted by atomic mass is 14.7. The molecule has 0 aliphatic carbocycles. The van der Waals surface area contributed by atoms with Crippen molar-refractivity contribution in [3.8, 4) is 11.3 Å². The van der Waals surface area contributed by atoms with E-state index in [-0.39, 0.29) is 0 Å². The number of rotatable bonds is 1. The second-order valence-corrected chi connectivity index (χ2v) is 2.75. The van der Waals surface area contributed by atoms with Crippen LogP contribution in [0.4, 0.5) is 0 Å². The minimum absolute atomic E-state index is 0.777. The molecular formula is C11H9N2. The summed E-state index contributed by atoms with van der Waals surface area (Å²) in [5.41, 5.74) is 2.74. The van der Waals surface area contributed by atoms with Crippen LogP contribution in [0.3, 0.4) is 0 Å². The van der Waals surface area contributed by atoms with E-state index < -0.39 is 0 Å². The summed E-state index contributed by atoms with van der Waals surface area (Å²) < 4.78 is 0. The summed E-state index contributed by atoms with van der Waals surface area (Å²) in [6.07, 6.45) is 3.55. The van der Waals surface area contributed by atoms with Gasteiger partial charge in [-0.3, -0.25) is 9.97 Å². The third-order valence-corrected chi connectivity index (χ3v) is 1.79. The first-order chi connectivity index (χ1) is 6.36. The molecule has 2 rings (SSSR count). The first-order valence-electron chi connectivity index (χ1n) is 4.06. The lowest BCUT2D eigenvalue weighted by molar-refractivity contribution is 1.24. The zero-order valence-electron chi connectivity index (χ0n) is 7.14. The molecule has 0 unspecified atom stereocenters. The van der Waals surface area contributed by atoms with E-state index in [1.54, 1.807) is 12.4 Å². The molecule has 2 nitrogen and oxygen atoms in total. The highest BCUT2D eigenvalue weighted by molar-refractivity contribution is 5.57. The normalized spacial score (nSPS) is 9.92. The molecule has 63 valence electrons. The predicted molar refractivity (Wildman–Crippen MR) is 51.9 cm³/mol. The van der Waals surface area contributed by atoms with Crippen LogP contribution < -0.4 is 0 Å². The first kappa shape index (κ1) is 7.92. The van der Waals surface area contributed by atoms with Crippen molar-refractivity contribution in [3.05, 3.63) is 55.3 Å². The van der Waals surface area contributed by atoms with Crippen LogP contribution in [0.2, 0.25) is 0 Å². The van der Waals surface area contributed by atoms with Crippen molar-refractivity contribution in [1.82, 2.24) is 9.97 Å². The van der Waals surface area contributed by atoms with E-state index >= 15 is 0 Å². The van der Waals surface area contributed by atoms with Gasteiger partial charge in [0.25, 0.3) is 0 Å². The molecule has 2 aromatic rings. The molecule has 0 aromatic carbocycles. The summed E-state index contributed by atoms with van der Waals surface area (Å²) in [5.74, 6) is 0. The Balaban J connectivity index is 2.42. The van der Waals surface area contributed by atoms with Crippen molar-refractivity contribution >= 4 is 0 Å². The van der Waals surface area contributed by atoms with Crippen LogP contribution >= 0.6 is 0 Å². The Kier molecular flexibility index (Phi) is 2.04. The molecule has 0 aliphatic heterocycles. The second kappa shape index (κ2) is 3.35. The van der Waals surface area contributed by atoms with Gasteiger partial charge in [-0.15, -0.1) is 0 Å². The van der Waals surface area contributed by atoms with Crippen molar-refractivity contribution < 1.29 is 0 Å². The zero-order valence-corrected chi connectivity index (χ0v) is 7.14. The average Bonchev–Trinajstić information content (AvgIpc) is 2.20. The van der Waals surface area contributed by atoms with E-state index in [9.17, 15) is 0 Å². The monoisotopic (exact) mass is 169 g/mol. The molecule has 2 heteroatoms. The van der Waals surface area contributed by atoms with E-state index in [1.165, 1.54) is 0 Å². The lowest BCUT2D eigenvalue weighted by Crippen LogP contribution is -1.84. The summed E-state index contributed by atoms with van der Waals surface area (Å²) in [6, 6.07) is 9.66. The Morgan fingerprint density at radius 3 is 2.54 bits per heavy atom. The maximum Gasteiger partial charge on any atom is 0.0717 e. The fourth-order valence-electron chi connectivity index (χ4n) is 1.11. The van der Waals surface area contributed by atoms with Crippen LogP contribution in [0, 0.1) is 6.92 Å². The van der Waals surface area contributed by atoms with Crippen molar-refractivity contribution in [1.29, 1.82) is 0 Å². The predicted octanol–water partition coefficient (Wildman–Crippen LogP) is 2.33. The van der Waals surface area contributed by atoms with Gasteiger partial charge in [0.05, 0.1) is 5.69 Å². The molecule has 0 fully saturated rings. The molecule has 2 aromatic heterocycles. The molecule has 0 spiro atoms. The van der Waals surface area contributed by atoms with Crippen molar-refractivity contribution in [2.75, 3.05) is 0 Å². The van der Waals surface area contributed by atoms with Gasteiger partial charge in [-0.25, -0.2) is 0 Å². The summed E-state index contributed by atoms with van der Waals surface area (Å²) in [5, 5.41) is 0. The van der Waals surface area contributed by atoms with Crippen LogP contribution in [0.15, 0.2) is 42.7 Å². The molecule has 0 saturated heterocycles. The smallest absolute Gasteiger partial charge is 0.0717 e. The van der Waals surface area contributed by atoms with E-state index in [4.69, 9.17) is 0 Å². The van der Waals surface area contributed by atoms with E-state index in [2.05, 4.69) is 16.9 Å². The van der Waals surface area contributed by atoms with E-state index in [1.807, 2.05) is 30.3 Å². The molecule has 0 atom stereocenters. The Morgan fingerprint density at radius 2 is 1.92 bits per heavy atom. The molecule has 0 aliphatic rings.